The number of carboxylic acids is 1. The average molecular weight is 595 g/mol. The lowest BCUT2D eigenvalue weighted by Gasteiger charge is -2.18. The lowest BCUT2D eigenvalue weighted by Crippen LogP contribution is -2.28. The first-order valence-corrected chi connectivity index (χ1v) is 14.9. The predicted octanol–water partition coefficient (Wildman–Crippen LogP) is 3.80. The Hall–Kier alpha value is -4.76. The lowest BCUT2D eigenvalue weighted by molar-refractivity contribution is -0.146. The van der Waals surface area contributed by atoms with E-state index in [2.05, 4.69) is 46.8 Å². The third kappa shape index (κ3) is 4.33. The first-order chi connectivity index (χ1) is 21.0. The largest absolute Gasteiger partial charge is 0.478 e. The summed E-state index contributed by atoms with van der Waals surface area (Å²) in [7, 11) is 1.31. The molecule has 44 heavy (non-hydrogen) atoms. The Morgan fingerprint density at radius 3 is 2.45 bits per heavy atom. The summed E-state index contributed by atoms with van der Waals surface area (Å²) in [5.41, 5.74) is 12.5. The minimum absolute atomic E-state index is 0.0382. The van der Waals surface area contributed by atoms with Crippen molar-refractivity contribution in [1.82, 2.24) is 20.3 Å². The minimum atomic E-state index is -1.14. The molecule has 9 heteroatoms. The maximum atomic E-state index is 13.3. The second-order valence-corrected chi connectivity index (χ2v) is 11.8. The van der Waals surface area contributed by atoms with Crippen LogP contribution in [-0.2, 0) is 20.7 Å². The molecule has 5 heterocycles. The first kappa shape index (κ1) is 29.3. The third-order valence-electron chi connectivity index (χ3n) is 9.62. The van der Waals surface area contributed by atoms with Crippen LogP contribution in [-0.4, -0.2) is 50.3 Å². The van der Waals surface area contributed by atoms with Crippen LogP contribution < -0.4 is 16.0 Å². The van der Waals surface area contributed by atoms with Gasteiger partial charge in [0.15, 0.2) is 0 Å². The number of nitrogens with one attached hydrogen (secondary N) is 4. The van der Waals surface area contributed by atoms with Crippen LogP contribution in [0.4, 0.5) is 0 Å². The summed E-state index contributed by atoms with van der Waals surface area (Å²) >= 11 is 0. The van der Waals surface area contributed by atoms with E-state index in [1.54, 1.807) is 0 Å². The zero-order chi connectivity index (χ0) is 31.6. The third-order valence-corrected chi connectivity index (χ3v) is 9.62. The molecule has 0 radical (unpaired) electrons. The van der Waals surface area contributed by atoms with E-state index in [1.807, 2.05) is 32.9 Å². The average Bonchev–Trinajstić information content (AvgIpc) is 3.72. The van der Waals surface area contributed by atoms with Crippen LogP contribution in [0.15, 0.2) is 29.5 Å². The molecule has 0 amide bonds. The molecule has 3 aromatic rings. The fourth-order valence-corrected chi connectivity index (χ4v) is 7.25. The van der Waals surface area contributed by atoms with Gasteiger partial charge in [-0.1, -0.05) is 19.6 Å². The number of carbonyl (C=O) groups excluding carboxylic acids is 1. The van der Waals surface area contributed by atoms with Gasteiger partial charge in [-0.05, 0) is 80.2 Å². The van der Waals surface area contributed by atoms with E-state index < -0.39 is 24.0 Å². The van der Waals surface area contributed by atoms with E-state index in [-0.39, 0.29) is 6.04 Å². The van der Waals surface area contributed by atoms with Gasteiger partial charge in [-0.25, -0.2) is 4.79 Å². The van der Waals surface area contributed by atoms with Crippen LogP contribution in [0.1, 0.15) is 82.5 Å². The van der Waals surface area contributed by atoms with Crippen molar-refractivity contribution in [2.45, 2.75) is 59.6 Å². The summed E-state index contributed by atoms with van der Waals surface area (Å²) in [6.07, 6.45) is 9.00. The smallest absolute Gasteiger partial charge is 0.328 e. The maximum absolute atomic E-state index is 13.3. The van der Waals surface area contributed by atoms with Crippen molar-refractivity contribution in [3.63, 3.8) is 0 Å². The molecule has 0 saturated heterocycles. The number of allylic oxidation sites excluding steroid dienone is 1. The van der Waals surface area contributed by atoms with E-state index >= 15 is 0 Å². The Balaban J connectivity index is 1.77. The number of hydrogen-bond donors (Lipinski definition) is 6. The second kappa shape index (κ2) is 10.7. The number of aromatic nitrogens is 3. The number of aromatic amines is 3. The van der Waals surface area contributed by atoms with Gasteiger partial charge in [-0.15, -0.1) is 0 Å². The second-order valence-electron chi connectivity index (χ2n) is 11.8. The standard InChI is InChI=1S/C35H38N4O5/c1-8-19-15(3)22-12-24-17(5)21(10-11-28(40)41)32(38-24)30-31(35(43)44-7)34(42)29-18(6)25(39-33(29)30)14-27-20(9-2)16(4)23(37-27)13-26(19)36-22/h8,10-13,27,31,34,36-39,42H,1,9,14H2,2-7H3,(H,40,41)/b11-10+,23-13-,24-12-,32-30-/t27-,31-,34?/m1/s1. The summed E-state index contributed by atoms with van der Waals surface area (Å²) in [5, 5.41) is 26.2. The minimum Gasteiger partial charge on any atom is -0.478 e. The molecule has 0 saturated carbocycles. The number of methoxy groups -OCH3 is 1. The zero-order valence-electron chi connectivity index (χ0n) is 25.9. The number of hydrogen-bond acceptors (Lipinski definition) is 5. The zero-order valence-corrected chi connectivity index (χ0v) is 25.9. The molecule has 3 atom stereocenters. The van der Waals surface area contributed by atoms with Crippen molar-refractivity contribution in [3.05, 3.63) is 96.4 Å². The molecule has 6 N–H and O–H groups in total. The van der Waals surface area contributed by atoms with Crippen LogP contribution in [0.25, 0.3) is 29.9 Å². The molecule has 228 valence electrons. The first-order valence-electron chi connectivity index (χ1n) is 14.9. The summed E-state index contributed by atoms with van der Waals surface area (Å²) in [4.78, 5) is 35.6. The molecule has 0 aromatic carbocycles. The van der Waals surface area contributed by atoms with Gasteiger partial charge in [0.2, 0.25) is 0 Å². The Bertz CT molecular complexity index is 1980. The van der Waals surface area contributed by atoms with E-state index in [1.165, 1.54) is 24.3 Å². The van der Waals surface area contributed by atoms with Crippen molar-refractivity contribution in [2.24, 2.45) is 5.92 Å². The maximum Gasteiger partial charge on any atom is 0.328 e. The highest BCUT2D eigenvalue weighted by molar-refractivity contribution is 5.94. The summed E-state index contributed by atoms with van der Waals surface area (Å²) in [6, 6.07) is 0.0382. The van der Waals surface area contributed by atoms with Crippen LogP contribution in [0, 0.1) is 26.7 Å². The molecule has 3 aliphatic rings. The number of rotatable bonds is 5. The molecule has 3 aromatic heterocycles. The molecule has 2 aliphatic heterocycles. The van der Waals surface area contributed by atoms with Crippen molar-refractivity contribution in [3.8, 4) is 0 Å². The van der Waals surface area contributed by atoms with Gasteiger partial charge in [0.25, 0.3) is 0 Å². The number of aliphatic hydroxyl groups is 1. The Morgan fingerprint density at radius 2 is 1.80 bits per heavy atom. The van der Waals surface area contributed by atoms with E-state index in [0.29, 0.717) is 34.2 Å². The van der Waals surface area contributed by atoms with Crippen LogP contribution in [0.2, 0.25) is 0 Å². The van der Waals surface area contributed by atoms with E-state index in [0.717, 1.165) is 62.9 Å². The number of ether oxygens (including phenoxy) is 1. The molecule has 0 spiro atoms. The Labute approximate surface area is 255 Å². The van der Waals surface area contributed by atoms with Gasteiger partial charge < -0.3 is 35.2 Å². The number of esters is 1. The summed E-state index contributed by atoms with van der Waals surface area (Å²) in [6.45, 7) is 14.3. The highest BCUT2D eigenvalue weighted by Crippen LogP contribution is 2.46. The number of fused-ring (bicyclic) bond motifs is 7. The highest BCUT2D eigenvalue weighted by Gasteiger charge is 2.45. The highest BCUT2D eigenvalue weighted by atomic mass is 16.5. The molecule has 9 nitrogen and oxygen atoms in total. The predicted molar refractivity (Wildman–Crippen MR) is 171 cm³/mol. The number of aliphatic hydroxyl groups excluding tert-OH is 1. The Kier molecular flexibility index (Phi) is 7.16. The van der Waals surface area contributed by atoms with E-state index in [9.17, 15) is 19.8 Å². The number of carboxylic acid groups (broad SMARTS) is 1. The van der Waals surface area contributed by atoms with Gasteiger partial charge >= 0.3 is 11.9 Å². The molecule has 8 bridgehead atoms. The topological polar surface area (TPSA) is 143 Å². The summed E-state index contributed by atoms with van der Waals surface area (Å²) in [5.74, 6) is -2.67. The lowest BCUT2D eigenvalue weighted by atomic mass is 9.94. The van der Waals surface area contributed by atoms with Crippen LogP contribution >= 0.6 is 0 Å². The quantitative estimate of drug-likeness (QED) is 0.196. The monoisotopic (exact) mass is 594 g/mol. The normalized spacial score (nSPS) is 23.8. The molecular weight excluding hydrogens is 556 g/mol. The fourth-order valence-electron chi connectivity index (χ4n) is 7.25. The van der Waals surface area contributed by atoms with Crippen molar-refractivity contribution in [2.75, 3.05) is 7.11 Å². The van der Waals surface area contributed by atoms with Crippen molar-refractivity contribution in [1.29, 1.82) is 0 Å². The molecule has 1 unspecified atom stereocenters. The summed E-state index contributed by atoms with van der Waals surface area (Å²) < 4.78 is 5.19. The van der Waals surface area contributed by atoms with Gasteiger partial charge in [0.05, 0.1) is 30.3 Å². The van der Waals surface area contributed by atoms with Crippen molar-refractivity contribution >= 4 is 41.8 Å². The van der Waals surface area contributed by atoms with Gasteiger partial charge in [-0.2, -0.15) is 0 Å². The van der Waals surface area contributed by atoms with Crippen LogP contribution in [0.3, 0.4) is 0 Å². The van der Waals surface area contributed by atoms with Gasteiger partial charge in [-0.3, -0.25) is 4.79 Å². The number of carbonyl (C=O) groups is 2. The molecule has 1 aliphatic carbocycles. The number of H-pyrrole nitrogens is 3. The molecule has 0 fully saturated rings. The number of aliphatic carboxylic acids is 1. The van der Waals surface area contributed by atoms with E-state index in [4.69, 9.17) is 4.74 Å². The van der Waals surface area contributed by atoms with Gasteiger partial charge in [0, 0.05) is 62.9 Å². The van der Waals surface area contributed by atoms with Crippen LogP contribution in [0.5, 0.6) is 0 Å². The Morgan fingerprint density at radius 1 is 1.05 bits per heavy atom. The molecular formula is C35H38N4O5. The van der Waals surface area contributed by atoms with Crippen molar-refractivity contribution < 1.29 is 24.5 Å². The molecule has 6 rings (SSSR count). The van der Waals surface area contributed by atoms with Gasteiger partial charge in [0.1, 0.15) is 5.92 Å². The fraction of sp³-hybridized carbons (Fsp3) is 0.314. The SMILES string of the molecule is C=Cc1c2[nH]c(c1C)/C=c1\[nH]/c(c(/C=C/C(=O)O)c1C)=C1\c3[nH]c(c(C)c3C(O)[C@@H]1C(=O)OC)C[C@H]1N/C(=C\2)C(C)=C1CC.